The van der Waals surface area contributed by atoms with Gasteiger partial charge in [-0.15, -0.1) is 0 Å². The van der Waals surface area contributed by atoms with Crippen LogP contribution in [0.4, 0.5) is 0 Å². The van der Waals surface area contributed by atoms with E-state index in [9.17, 15) is 4.79 Å². The maximum absolute atomic E-state index is 11.1. The summed E-state index contributed by atoms with van der Waals surface area (Å²) in [6.45, 7) is 0. The fraction of sp³-hybridized carbons (Fsp3) is 0.125. The minimum atomic E-state index is -0.429. The Kier molecular flexibility index (Phi) is 2.92. The van der Waals surface area contributed by atoms with E-state index in [0.717, 1.165) is 5.56 Å². The summed E-state index contributed by atoms with van der Waals surface area (Å²) in [5.41, 5.74) is 0.868. The van der Waals surface area contributed by atoms with Gasteiger partial charge in [-0.1, -0.05) is 0 Å². The third-order valence-corrected chi connectivity index (χ3v) is 2.93. The van der Waals surface area contributed by atoms with Crippen LogP contribution in [0.15, 0.2) is 30.3 Å². The van der Waals surface area contributed by atoms with E-state index in [2.05, 4.69) is 0 Å². The topological polar surface area (TPSA) is 17.1 Å². The fourth-order valence-corrected chi connectivity index (χ4v) is 1.75. The predicted octanol–water partition coefficient (Wildman–Crippen LogP) is 1.58. The molecule has 1 aromatic carbocycles. The van der Waals surface area contributed by atoms with Gasteiger partial charge in [0.05, 0.1) is 0 Å². The third-order valence-electron chi connectivity index (χ3n) is 1.19. The Balaban J connectivity index is 2.85. The van der Waals surface area contributed by atoms with Gasteiger partial charge in [-0.2, -0.15) is 0 Å². The zero-order chi connectivity index (χ0) is 7.40. The molecule has 0 aliphatic carbocycles. The number of benzene rings is 1. The molecular formula is C8H8OTe+. The number of carbonyl (C=O) groups is 1. The second-order valence-corrected chi connectivity index (χ2v) is 4.08. The second kappa shape index (κ2) is 3.75. The first-order valence-electron chi connectivity index (χ1n) is 2.98. The summed E-state index contributed by atoms with van der Waals surface area (Å²) >= 11 is -0.429. The molecule has 0 aliphatic heterocycles. The number of hydrogen-bond donors (Lipinski definition) is 0. The van der Waals surface area contributed by atoms with E-state index >= 15 is 0 Å². The fourth-order valence-electron chi connectivity index (χ4n) is 0.692. The van der Waals surface area contributed by atoms with E-state index in [4.69, 9.17) is 0 Å². The summed E-state index contributed by atoms with van der Waals surface area (Å²) in [4.78, 5) is 13.1. The summed E-state index contributed by atoms with van der Waals surface area (Å²) in [6, 6.07) is 9.46. The van der Waals surface area contributed by atoms with Crippen LogP contribution in [0.25, 0.3) is 0 Å². The molecule has 0 aliphatic rings. The Labute approximate surface area is 70.5 Å². The van der Waals surface area contributed by atoms with E-state index in [1.165, 1.54) is 0 Å². The van der Waals surface area contributed by atoms with Crippen LogP contribution >= 0.6 is 0 Å². The summed E-state index contributed by atoms with van der Waals surface area (Å²) in [7, 11) is 0. The number of carbonyl (C=O) groups excluding carboxylic acids is 1. The Bertz CT molecular complexity index is 218. The second-order valence-electron chi connectivity index (χ2n) is 1.86. The standard InChI is InChI=1S/C8H8OTe/c1-10-8(9)7-5-3-2-4-6-7/h2-6H,1H3/q+1. The van der Waals surface area contributed by atoms with E-state index in [1.807, 2.05) is 35.3 Å². The van der Waals surface area contributed by atoms with Crippen LogP contribution in [0.1, 0.15) is 10.4 Å². The van der Waals surface area contributed by atoms with Gasteiger partial charge in [0.1, 0.15) is 0 Å². The molecule has 1 aromatic rings. The molecule has 10 heavy (non-hydrogen) atoms. The van der Waals surface area contributed by atoms with E-state index in [1.54, 1.807) is 0 Å². The molecular weight excluding hydrogens is 240 g/mol. The van der Waals surface area contributed by atoms with Crippen molar-refractivity contribution in [3.63, 3.8) is 0 Å². The average molecular weight is 248 g/mol. The van der Waals surface area contributed by atoms with Gasteiger partial charge in [0, 0.05) is 0 Å². The van der Waals surface area contributed by atoms with Crippen LogP contribution in [-0.2, 0) is 0 Å². The van der Waals surface area contributed by atoms with E-state index in [-0.39, 0.29) is 0 Å². The molecule has 51 valence electrons. The summed E-state index contributed by atoms with van der Waals surface area (Å²) in [5.74, 6) is 0. The van der Waals surface area contributed by atoms with Crippen molar-refractivity contribution in [2.75, 3.05) is 0 Å². The monoisotopic (exact) mass is 250 g/mol. The minimum absolute atomic E-state index is 0.339. The van der Waals surface area contributed by atoms with Crippen LogP contribution in [-0.4, -0.2) is 24.8 Å². The molecule has 0 unspecified atom stereocenters. The first kappa shape index (κ1) is 7.78. The molecule has 0 heterocycles. The van der Waals surface area contributed by atoms with Crippen LogP contribution < -0.4 is 0 Å². The quantitative estimate of drug-likeness (QED) is 0.726. The van der Waals surface area contributed by atoms with Crippen LogP contribution in [0.3, 0.4) is 0 Å². The zero-order valence-corrected chi connectivity index (χ0v) is 8.03. The van der Waals surface area contributed by atoms with Crippen molar-refractivity contribution < 1.29 is 4.79 Å². The summed E-state index contributed by atoms with van der Waals surface area (Å²) < 4.78 is 0.339. The molecule has 0 aromatic heterocycles. The molecule has 0 saturated heterocycles. The first-order valence-corrected chi connectivity index (χ1v) is 6.47. The average Bonchev–Trinajstić information content (AvgIpc) is 2.05. The van der Waals surface area contributed by atoms with Gasteiger partial charge in [-0.25, -0.2) is 0 Å². The zero-order valence-electron chi connectivity index (χ0n) is 5.70. The van der Waals surface area contributed by atoms with Crippen molar-refractivity contribution in [1.82, 2.24) is 0 Å². The van der Waals surface area contributed by atoms with Gasteiger partial charge in [0.15, 0.2) is 0 Å². The van der Waals surface area contributed by atoms with Gasteiger partial charge in [0.2, 0.25) is 0 Å². The summed E-state index contributed by atoms with van der Waals surface area (Å²) in [5, 5.41) is 0. The molecule has 0 atom stereocenters. The van der Waals surface area contributed by atoms with Crippen molar-refractivity contribution >= 4 is 24.8 Å². The maximum atomic E-state index is 11.1. The van der Waals surface area contributed by atoms with Crippen molar-refractivity contribution in [1.29, 1.82) is 0 Å². The molecule has 0 N–H and O–H groups in total. The van der Waals surface area contributed by atoms with E-state index in [0.29, 0.717) is 3.83 Å². The van der Waals surface area contributed by atoms with Crippen molar-refractivity contribution in [3.8, 4) is 0 Å². The molecule has 0 saturated carbocycles. The predicted molar refractivity (Wildman–Crippen MR) is 42.4 cm³/mol. The molecule has 1 nitrogen and oxygen atoms in total. The van der Waals surface area contributed by atoms with Crippen molar-refractivity contribution in [2.24, 2.45) is 0 Å². The van der Waals surface area contributed by atoms with Gasteiger partial charge < -0.3 is 0 Å². The van der Waals surface area contributed by atoms with E-state index < -0.39 is 20.9 Å². The first-order chi connectivity index (χ1) is 4.84. The number of hydrogen-bond acceptors (Lipinski definition) is 1. The molecule has 2 heteroatoms. The van der Waals surface area contributed by atoms with Gasteiger partial charge in [0.25, 0.3) is 0 Å². The Morgan fingerprint density at radius 3 is 2.40 bits per heavy atom. The summed E-state index contributed by atoms with van der Waals surface area (Å²) in [6.07, 6.45) is 0. The van der Waals surface area contributed by atoms with Crippen molar-refractivity contribution in [3.05, 3.63) is 35.9 Å². The molecule has 0 amide bonds. The molecule has 0 fully saturated rings. The third kappa shape index (κ3) is 1.83. The Hall–Kier alpha value is -0.320. The normalized spacial score (nSPS) is 9.30. The molecule has 0 bridgehead atoms. The van der Waals surface area contributed by atoms with Gasteiger partial charge in [-0.05, 0) is 0 Å². The van der Waals surface area contributed by atoms with Gasteiger partial charge >= 0.3 is 70.4 Å². The molecule has 0 spiro atoms. The Morgan fingerprint density at radius 2 is 1.90 bits per heavy atom. The van der Waals surface area contributed by atoms with Crippen LogP contribution in [0.2, 0.25) is 4.97 Å². The van der Waals surface area contributed by atoms with Gasteiger partial charge in [-0.3, -0.25) is 0 Å². The SMILES string of the molecule is C[Te+]C(=O)c1ccccc1. The van der Waals surface area contributed by atoms with Crippen molar-refractivity contribution in [2.45, 2.75) is 4.97 Å². The van der Waals surface area contributed by atoms with Crippen LogP contribution in [0.5, 0.6) is 0 Å². The molecule has 1 rings (SSSR count). The van der Waals surface area contributed by atoms with Crippen LogP contribution in [0, 0.1) is 0 Å². The molecule has 1 radical (unpaired) electrons. The Morgan fingerprint density at radius 1 is 1.30 bits per heavy atom. The number of rotatable bonds is 2.